The average molecular weight is 423 g/mol. The summed E-state index contributed by atoms with van der Waals surface area (Å²) in [5.41, 5.74) is 1.85. The Morgan fingerprint density at radius 1 is 1.19 bits per heavy atom. The number of benzene rings is 2. The number of halogens is 1. The van der Waals surface area contributed by atoms with Crippen LogP contribution < -0.4 is 10.0 Å². The maximum Gasteiger partial charge on any atom is 0.263 e. The third kappa shape index (κ3) is 4.97. The van der Waals surface area contributed by atoms with Crippen molar-refractivity contribution in [2.75, 3.05) is 10.0 Å². The number of sulfonamides is 1. The maximum absolute atomic E-state index is 12.5. The van der Waals surface area contributed by atoms with Gasteiger partial charge in [-0.25, -0.2) is 13.4 Å². The van der Waals surface area contributed by atoms with Gasteiger partial charge in [0.15, 0.2) is 0 Å². The van der Waals surface area contributed by atoms with Gasteiger partial charge in [0.25, 0.3) is 10.0 Å². The zero-order valence-corrected chi connectivity index (χ0v) is 17.0. The highest BCUT2D eigenvalue weighted by molar-refractivity contribution is 7.93. The van der Waals surface area contributed by atoms with Gasteiger partial charge in [-0.3, -0.25) is 4.72 Å². The second-order valence-corrected chi connectivity index (χ2v) is 8.76. The summed E-state index contributed by atoms with van der Waals surface area (Å²) in [6.45, 7) is 2.12. The molecule has 0 saturated heterocycles. The molecule has 0 bridgehead atoms. The first kappa shape index (κ1) is 19.6. The van der Waals surface area contributed by atoms with E-state index in [1.54, 1.807) is 6.07 Å². The van der Waals surface area contributed by atoms with Crippen LogP contribution in [0.1, 0.15) is 31.4 Å². The van der Waals surface area contributed by atoms with E-state index in [1.165, 1.54) is 18.5 Å². The number of nitrogens with zero attached hydrogens (tertiary/aromatic N) is 2. The third-order valence-corrected chi connectivity index (χ3v) is 6.30. The van der Waals surface area contributed by atoms with Crippen LogP contribution in [-0.4, -0.2) is 17.8 Å². The Bertz CT molecular complexity index is 980. The van der Waals surface area contributed by atoms with Gasteiger partial charge < -0.3 is 5.32 Å². The summed E-state index contributed by atoms with van der Waals surface area (Å²) in [6.07, 6.45) is 3.22. The lowest BCUT2D eigenvalue weighted by atomic mass is 10.0. The van der Waals surface area contributed by atoms with Gasteiger partial charge >= 0.3 is 0 Å². The summed E-state index contributed by atoms with van der Waals surface area (Å²) in [6, 6.07) is 14.8. The largest absolute Gasteiger partial charge is 0.377 e. The molecule has 1 atom stereocenters. The number of hydrogen-bond donors (Lipinski definition) is 2. The highest BCUT2D eigenvalue weighted by Crippen LogP contribution is 2.31. The standard InChI is InChI=1S/C18H19ClN4O2S2/c1-2-6-16(13-7-4-3-5-8-13)22-17-10-9-14(11-15(17)19)27(24,25)23-18-20-12-21-26-18/h3-5,7-12,16,22H,2,6H2,1H3,(H,20,21,23). The van der Waals surface area contributed by atoms with Crippen LogP contribution in [0.4, 0.5) is 10.8 Å². The molecule has 1 heterocycles. The van der Waals surface area contributed by atoms with E-state index < -0.39 is 10.0 Å². The van der Waals surface area contributed by atoms with Crippen LogP contribution in [0.5, 0.6) is 0 Å². The van der Waals surface area contributed by atoms with Crippen molar-refractivity contribution in [2.24, 2.45) is 0 Å². The molecular formula is C18H19ClN4O2S2. The van der Waals surface area contributed by atoms with Crippen LogP contribution in [0.25, 0.3) is 0 Å². The molecule has 9 heteroatoms. The zero-order chi connectivity index (χ0) is 19.3. The normalized spacial score (nSPS) is 12.5. The van der Waals surface area contributed by atoms with Crippen LogP contribution in [0.2, 0.25) is 5.02 Å². The quantitative estimate of drug-likeness (QED) is 0.536. The molecule has 142 valence electrons. The molecular weight excluding hydrogens is 404 g/mol. The van der Waals surface area contributed by atoms with E-state index in [2.05, 4.69) is 38.5 Å². The van der Waals surface area contributed by atoms with Crippen molar-refractivity contribution in [3.8, 4) is 0 Å². The molecule has 2 N–H and O–H groups in total. The lowest BCUT2D eigenvalue weighted by Crippen LogP contribution is -2.14. The number of rotatable bonds is 8. The van der Waals surface area contributed by atoms with E-state index in [9.17, 15) is 8.42 Å². The van der Waals surface area contributed by atoms with E-state index in [4.69, 9.17) is 11.6 Å². The van der Waals surface area contributed by atoms with Crippen LogP contribution in [0.15, 0.2) is 59.8 Å². The summed E-state index contributed by atoms with van der Waals surface area (Å²) in [5, 5.41) is 3.97. The van der Waals surface area contributed by atoms with E-state index in [-0.39, 0.29) is 16.1 Å². The molecule has 3 rings (SSSR count). The molecule has 6 nitrogen and oxygen atoms in total. The Balaban J connectivity index is 1.81. The second kappa shape index (κ2) is 8.69. The van der Waals surface area contributed by atoms with E-state index in [0.717, 1.165) is 29.9 Å². The lowest BCUT2D eigenvalue weighted by molar-refractivity contribution is 0.601. The summed E-state index contributed by atoms with van der Waals surface area (Å²) in [7, 11) is -3.77. The van der Waals surface area contributed by atoms with Crippen molar-refractivity contribution in [2.45, 2.75) is 30.7 Å². The van der Waals surface area contributed by atoms with Crippen molar-refractivity contribution in [3.63, 3.8) is 0 Å². The fraction of sp³-hybridized carbons (Fsp3) is 0.222. The third-order valence-electron chi connectivity index (χ3n) is 3.94. The SMILES string of the molecule is CCCC(Nc1ccc(S(=O)(=O)Nc2ncns2)cc1Cl)c1ccccc1. The Labute approximate surface area is 167 Å². The van der Waals surface area contributed by atoms with Crippen molar-refractivity contribution in [1.82, 2.24) is 9.36 Å². The molecule has 1 unspecified atom stereocenters. The van der Waals surface area contributed by atoms with Gasteiger partial charge in [-0.1, -0.05) is 55.3 Å². The van der Waals surface area contributed by atoms with Gasteiger partial charge in [-0.2, -0.15) is 4.37 Å². The minimum absolute atomic E-state index is 0.0694. The molecule has 0 radical (unpaired) electrons. The molecule has 27 heavy (non-hydrogen) atoms. The van der Waals surface area contributed by atoms with Crippen LogP contribution >= 0.6 is 23.1 Å². The van der Waals surface area contributed by atoms with Crippen molar-refractivity contribution in [3.05, 3.63) is 65.4 Å². The van der Waals surface area contributed by atoms with Gasteiger partial charge in [0, 0.05) is 11.5 Å². The highest BCUT2D eigenvalue weighted by Gasteiger charge is 2.18. The molecule has 0 amide bonds. The zero-order valence-electron chi connectivity index (χ0n) is 14.6. The molecule has 0 saturated carbocycles. The first-order valence-electron chi connectivity index (χ1n) is 8.40. The van der Waals surface area contributed by atoms with Crippen molar-refractivity contribution in [1.29, 1.82) is 0 Å². The molecule has 0 spiro atoms. The topological polar surface area (TPSA) is 84.0 Å². The fourth-order valence-corrected chi connectivity index (χ4v) is 4.64. The van der Waals surface area contributed by atoms with E-state index in [0.29, 0.717) is 10.7 Å². The summed E-state index contributed by atoms with van der Waals surface area (Å²) in [4.78, 5) is 3.90. The Kier molecular flexibility index (Phi) is 6.30. The monoisotopic (exact) mass is 422 g/mol. The Hall–Kier alpha value is -2.16. The minimum atomic E-state index is -3.77. The van der Waals surface area contributed by atoms with Crippen LogP contribution in [0.3, 0.4) is 0 Å². The molecule has 0 aliphatic heterocycles. The van der Waals surface area contributed by atoms with Crippen LogP contribution in [-0.2, 0) is 10.0 Å². The van der Waals surface area contributed by atoms with Crippen LogP contribution in [0, 0.1) is 0 Å². The lowest BCUT2D eigenvalue weighted by Gasteiger charge is -2.21. The first-order chi connectivity index (χ1) is 13.0. The molecule has 3 aromatic rings. The Morgan fingerprint density at radius 2 is 1.96 bits per heavy atom. The van der Waals surface area contributed by atoms with Gasteiger partial charge in [0.1, 0.15) is 6.33 Å². The molecule has 2 aromatic carbocycles. The van der Waals surface area contributed by atoms with Gasteiger partial charge in [0.05, 0.1) is 21.6 Å². The van der Waals surface area contributed by atoms with Gasteiger partial charge in [-0.05, 0) is 30.2 Å². The minimum Gasteiger partial charge on any atom is -0.377 e. The van der Waals surface area contributed by atoms with Crippen molar-refractivity contribution < 1.29 is 8.42 Å². The average Bonchev–Trinajstić information content (AvgIpc) is 3.15. The van der Waals surface area contributed by atoms with Gasteiger partial charge in [0.2, 0.25) is 5.13 Å². The van der Waals surface area contributed by atoms with E-state index in [1.807, 2.05) is 18.2 Å². The maximum atomic E-state index is 12.5. The molecule has 1 aromatic heterocycles. The summed E-state index contributed by atoms with van der Waals surface area (Å²) < 4.78 is 31.1. The number of hydrogen-bond acceptors (Lipinski definition) is 6. The highest BCUT2D eigenvalue weighted by atomic mass is 35.5. The van der Waals surface area contributed by atoms with Crippen molar-refractivity contribution >= 4 is 44.0 Å². The first-order valence-corrected chi connectivity index (χ1v) is 11.0. The number of aromatic nitrogens is 2. The second-order valence-electron chi connectivity index (χ2n) is 5.89. The predicted molar refractivity (Wildman–Crippen MR) is 110 cm³/mol. The summed E-state index contributed by atoms with van der Waals surface area (Å²) >= 11 is 7.34. The Morgan fingerprint density at radius 3 is 2.59 bits per heavy atom. The predicted octanol–water partition coefficient (Wildman–Crippen LogP) is 4.95. The number of anilines is 2. The molecule has 0 fully saturated rings. The molecule has 0 aliphatic carbocycles. The summed E-state index contributed by atoms with van der Waals surface area (Å²) in [5.74, 6) is 0. The smallest absolute Gasteiger partial charge is 0.263 e. The fourth-order valence-electron chi connectivity index (χ4n) is 2.66. The van der Waals surface area contributed by atoms with Gasteiger partial charge in [-0.15, -0.1) is 0 Å². The number of nitrogens with one attached hydrogen (secondary N) is 2. The van der Waals surface area contributed by atoms with E-state index >= 15 is 0 Å². The molecule has 0 aliphatic rings.